The lowest BCUT2D eigenvalue weighted by Crippen LogP contribution is -2.51. The first-order chi connectivity index (χ1) is 13.0. The number of halogens is 1. The van der Waals surface area contributed by atoms with Crippen molar-refractivity contribution in [1.29, 1.82) is 0 Å². The molecule has 2 N–H and O–H groups in total. The summed E-state index contributed by atoms with van der Waals surface area (Å²) in [4.78, 5) is 38.6. The molecule has 1 fully saturated rings. The number of nitrogens with zero attached hydrogens (tertiary/aromatic N) is 3. The fraction of sp³-hybridized carbons (Fsp3) is 0.556. The van der Waals surface area contributed by atoms with Crippen LogP contribution in [-0.4, -0.2) is 70.3 Å². The van der Waals surface area contributed by atoms with Crippen molar-refractivity contribution in [2.24, 2.45) is 0 Å². The molecule has 2 amide bonds. The van der Waals surface area contributed by atoms with Gasteiger partial charge in [0.2, 0.25) is 0 Å². The first-order valence-electron chi connectivity index (χ1n) is 9.04. The lowest BCUT2D eigenvalue weighted by atomic mass is 10.1. The summed E-state index contributed by atoms with van der Waals surface area (Å²) in [5.74, 6) is -1.42. The second-order valence-corrected chi connectivity index (χ2v) is 7.41. The molecule has 1 aliphatic heterocycles. The lowest BCUT2D eigenvalue weighted by Gasteiger charge is -2.35. The van der Waals surface area contributed by atoms with Gasteiger partial charge in [-0.1, -0.05) is 0 Å². The van der Waals surface area contributed by atoms with Crippen LogP contribution in [0.3, 0.4) is 0 Å². The van der Waals surface area contributed by atoms with Crippen molar-refractivity contribution in [1.82, 2.24) is 9.80 Å². The predicted octanol–water partition coefficient (Wildman–Crippen LogP) is 2.75. The number of ether oxygens (including phenoxy) is 1. The molecule has 0 spiro atoms. The minimum Gasteiger partial charge on any atom is -0.444 e. The molecule has 1 aliphatic rings. The summed E-state index contributed by atoms with van der Waals surface area (Å²) in [7, 11) is 0. The van der Waals surface area contributed by atoms with Crippen LogP contribution in [0.15, 0.2) is 12.1 Å². The molecule has 1 aromatic carbocycles. The van der Waals surface area contributed by atoms with Gasteiger partial charge in [0.05, 0.1) is 10.5 Å². The Morgan fingerprint density at radius 2 is 1.79 bits per heavy atom. The van der Waals surface area contributed by atoms with Gasteiger partial charge in [-0.05, 0) is 27.7 Å². The van der Waals surface area contributed by atoms with E-state index in [-0.39, 0.29) is 43.1 Å². The van der Waals surface area contributed by atoms with Gasteiger partial charge in [0.25, 0.3) is 10.8 Å². The molecule has 1 aromatic rings. The van der Waals surface area contributed by atoms with Crippen molar-refractivity contribution in [3.05, 3.63) is 28.4 Å². The molecule has 28 heavy (non-hydrogen) atoms. The van der Waals surface area contributed by atoms with Gasteiger partial charge in [0.1, 0.15) is 17.1 Å². The van der Waals surface area contributed by atoms with Crippen LogP contribution >= 0.6 is 0 Å². The Morgan fingerprint density at radius 3 is 2.29 bits per heavy atom. The van der Waals surface area contributed by atoms with E-state index >= 15 is 0 Å². The first-order valence-corrected chi connectivity index (χ1v) is 9.04. The third-order valence-corrected chi connectivity index (χ3v) is 4.11. The second-order valence-electron chi connectivity index (χ2n) is 7.41. The molecule has 1 heterocycles. The van der Waals surface area contributed by atoms with Crippen LogP contribution in [-0.2, 0) is 4.74 Å². The van der Waals surface area contributed by atoms with Crippen molar-refractivity contribution in [3.63, 3.8) is 0 Å². The van der Waals surface area contributed by atoms with E-state index in [1.54, 1.807) is 27.7 Å². The largest absolute Gasteiger partial charge is 0.444 e. The van der Waals surface area contributed by atoms with E-state index in [1.807, 2.05) is 0 Å². The van der Waals surface area contributed by atoms with Crippen LogP contribution in [0.2, 0.25) is 0 Å². The Bertz CT molecular complexity index is 770. The number of carbonyl (C=O) groups is 2. The van der Waals surface area contributed by atoms with Crippen molar-refractivity contribution in [3.8, 4) is 0 Å². The van der Waals surface area contributed by atoms with Crippen molar-refractivity contribution >= 4 is 23.4 Å². The zero-order valence-corrected chi connectivity index (χ0v) is 16.5. The van der Waals surface area contributed by atoms with Gasteiger partial charge in [0.15, 0.2) is 0 Å². The summed E-state index contributed by atoms with van der Waals surface area (Å²) < 4.78 is 19.7. The van der Waals surface area contributed by atoms with Gasteiger partial charge in [-0.3, -0.25) is 4.79 Å². The Hall–Kier alpha value is -2.91. The normalized spacial score (nSPS) is 14.6. The predicted molar refractivity (Wildman–Crippen MR) is 99.3 cm³/mol. The van der Waals surface area contributed by atoms with E-state index in [1.165, 1.54) is 9.80 Å². The zero-order valence-electron chi connectivity index (χ0n) is 16.5. The number of anilines is 1. The number of hydrogen-bond donors (Lipinski definition) is 2. The van der Waals surface area contributed by atoms with Crippen molar-refractivity contribution < 1.29 is 28.8 Å². The summed E-state index contributed by atoms with van der Waals surface area (Å²) in [6.07, 6.45) is -0.467. The summed E-state index contributed by atoms with van der Waals surface area (Å²) in [6.45, 7) is 8.34. The molecule has 2 rings (SSSR count). The fourth-order valence-electron chi connectivity index (χ4n) is 2.80. The maximum Gasteiger partial charge on any atom is 0.410 e. The topological polar surface area (TPSA) is 102 Å². The molecule has 0 atom stereocenters. The average molecular weight is 397 g/mol. The first kappa shape index (κ1) is 21.4. The van der Waals surface area contributed by atoms with E-state index in [0.717, 1.165) is 12.1 Å². The average Bonchev–Trinajstić information content (AvgIpc) is 2.60. The Balaban J connectivity index is 2.12. The quantitative estimate of drug-likeness (QED) is 0.758. The minimum atomic E-state index is -0.805. The second kappa shape index (κ2) is 8.41. The Labute approximate surface area is 162 Å². The molecule has 0 saturated carbocycles. The van der Waals surface area contributed by atoms with Gasteiger partial charge in [0, 0.05) is 44.9 Å². The smallest absolute Gasteiger partial charge is 0.410 e. The highest BCUT2D eigenvalue weighted by Gasteiger charge is 2.31. The molecule has 0 aliphatic carbocycles. The third kappa shape index (κ3) is 5.08. The summed E-state index contributed by atoms with van der Waals surface area (Å²) in [5, 5.41) is 12.0. The van der Waals surface area contributed by atoms with Crippen molar-refractivity contribution in [2.75, 3.05) is 38.0 Å². The van der Waals surface area contributed by atoms with Gasteiger partial charge in [-0.15, -0.1) is 0 Å². The number of hydrogen-bond acceptors (Lipinski definition) is 5. The monoisotopic (exact) mass is 397 g/mol. The minimum absolute atomic E-state index is 0.0868. The molecular weight excluding hydrogens is 371 g/mol. The van der Waals surface area contributed by atoms with Crippen LogP contribution in [0, 0.1) is 10.7 Å². The SMILES string of the molecule is CCNc1cc(F)c(C(=O)N2CCN(C(=O)OC(C)(C)C)CC2)cc1[N+](=O)O. The molecule has 0 unspecified atom stereocenters. The fourth-order valence-corrected chi connectivity index (χ4v) is 2.80. The maximum atomic E-state index is 14.4. The van der Waals surface area contributed by atoms with Crippen molar-refractivity contribution in [2.45, 2.75) is 33.3 Å². The molecule has 0 aromatic heterocycles. The summed E-state index contributed by atoms with van der Waals surface area (Å²) in [6, 6.07) is 2.02. The number of amides is 2. The van der Waals surface area contributed by atoms with E-state index < -0.39 is 28.3 Å². The Kier molecular flexibility index (Phi) is 6.42. The van der Waals surface area contributed by atoms with Gasteiger partial charge < -0.3 is 19.9 Å². The number of piperazine rings is 1. The summed E-state index contributed by atoms with van der Waals surface area (Å²) in [5.41, 5.74) is -1.10. The van der Waals surface area contributed by atoms with E-state index in [4.69, 9.17) is 4.74 Å². The molecule has 1 saturated heterocycles. The van der Waals surface area contributed by atoms with Crippen LogP contribution in [0.25, 0.3) is 0 Å². The standard InChI is InChI=1S/C18H25FN4O5/c1-5-20-14-11-13(19)12(10-15(14)23(26)27)16(24)21-6-8-22(9-7-21)17(25)28-18(2,3)4/h10-11H,5-9H2,1-4H3,(H-,20,24,26,27)/p+1. The third-order valence-electron chi connectivity index (χ3n) is 4.11. The highest BCUT2D eigenvalue weighted by atomic mass is 19.1. The maximum absolute atomic E-state index is 14.4. The molecule has 154 valence electrons. The Morgan fingerprint density at radius 1 is 1.21 bits per heavy atom. The number of carbonyl (C=O) groups excluding carboxylic acids is 2. The van der Waals surface area contributed by atoms with E-state index in [2.05, 4.69) is 5.32 Å². The number of benzene rings is 1. The van der Waals surface area contributed by atoms with E-state index in [0.29, 0.717) is 6.54 Å². The molecule has 9 nitrogen and oxygen atoms in total. The molecule has 0 radical (unpaired) electrons. The summed E-state index contributed by atoms with van der Waals surface area (Å²) >= 11 is 0. The van der Waals surface area contributed by atoms with Gasteiger partial charge >= 0.3 is 11.8 Å². The highest BCUT2D eigenvalue weighted by molar-refractivity contribution is 5.96. The van der Waals surface area contributed by atoms with Crippen LogP contribution in [0.1, 0.15) is 38.1 Å². The number of rotatable bonds is 4. The zero-order chi connectivity index (χ0) is 21.1. The van der Waals surface area contributed by atoms with Crippen LogP contribution in [0.5, 0.6) is 0 Å². The number of nitrogens with one attached hydrogen (secondary N) is 1. The molecule has 0 bridgehead atoms. The molecular formula is C18H26FN4O5+. The van der Waals surface area contributed by atoms with Gasteiger partial charge in [-0.2, -0.15) is 0 Å². The lowest BCUT2D eigenvalue weighted by molar-refractivity contribution is -0.729. The van der Waals surface area contributed by atoms with E-state index in [9.17, 15) is 24.1 Å². The highest BCUT2D eigenvalue weighted by Crippen LogP contribution is 2.28. The molecule has 10 heteroatoms. The van der Waals surface area contributed by atoms with Gasteiger partial charge in [-0.25, -0.2) is 14.4 Å². The van der Waals surface area contributed by atoms with Crippen LogP contribution < -0.4 is 5.32 Å². The van der Waals surface area contributed by atoms with Crippen LogP contribution in [0.4, 0.5) is 20.6 Å².